The van der Waals surface area contributed by atoms with Crippen LogP contribution in [0.3, 0.4) is 0 Å². The molecule has 0 radical (unpaired) electrons. The van der Waals surface area contributed by atoms with Crippen molar-refractivity contribution in [1.82, 2.24) is 9.13 Å². The summed E-state index contributed by atoms with van der Waals surface area (Å²) < 4.78 is 1.37. The van der Waals surface area contributed by atoms with E-state index in [4.69, 9.17) is 5.11 Å². The molecule has 0 aliphatic carbocycles. The van der Waals surface area contributed by atoms with Gasteiger partial charge in [0.05, 0.1) is 0 Å². The molecule has 6 N–H and O–H groups in total. The maximum Gasteiger partial charge on any atom is 0.351 e. The summed E-state index contributed by atoms with van der Waals surface area (Å²) in [5.41, 5.74) is -2.25. The van der Waals surface area contributed by atoms with Crippen molar-refractivity contribution in [1.29, 1.82) is 0 Å². The number of hydrogen-bond donors (Lipinski definition) is 6. The number of aromatic hydroxyl groups is 4. The Hall–Kier alpha value is -3.30. The molecule has 0 saturated heterocycles. The molecule has 10 heteroatoms. The fraction of sp³-hybridized carbons (Fsp3) is 0.375. The molecule has 0 saturated carbocycles. The second-order valence-electron chi connectivity index (χ2n) is 5.85. The van der Waals surface area contributed by atoms with Gasteiger partial charge in [-0.15, -0.1) is 0 Å². The summed E-state index contributed by atoms with van der Waals surface area (Å²) in [4.78, 5) is 22.8. The topological polar surface area (TPSA) is 165 Å². The Balaban J connectivity index is 2.50. The highest BCUT2D eigenvalue weighted by atomic mass is 16.4. The molecule has 0 aliphatic rings. The Labute approximate surface area is 147 Å². The number of aromatic nitrogens is 2. The van der Waals surface area contributed by atoms with E-state index >= 15 is 0 Å². The van der Waals surface area contributed by atoms with Crippen LogP contribution >= 0.6 is 0 Å². The fourth-order valence-electron chi connectivity index (χ4n) is 3.04. The predicted molar refractivity (Wildman–Crippen MR) is 87.3 cm³/mol. The smallest absolute Gasteiger partial charge is 0.351 e. The summed E-state index contributed by atoms with van der Waals surface area (Å²) in [7, 11) is 0. The largest absolute Gasteiger partial charge is 0.494 e. The van der Waals surface area contributed by atoms with Crippen LogP contribution in [0.25, 0.3) is 0 Å². The number of carboxylic acid groups (broad SMARTS) is 2. The Morgan fingerprint density at radius 1 is 0.769 bits per heavy atom. The number of aliphatic carboxylic acids is 2. The van der Waals surface area contributed by atoms with E-state index in [1.807, 2.05) is 0 Å². The number of rotatable bonds is 9. The van der Waals surface area contributed by atoms with Gasteiger partial charge in [0.2, 0.25) is 5.66 Å². The summed E-state index contributed by atoms with van der Waals surface area (Å²) in [6.07, 6.45) is 0.520. The van der Waals surface area contributed by atoms with Crippen molar-refractivity contribution in [2.75, 3.05) is 0 Å². The lowest BCUT2D eigenvalue weighted by Gasteiger charge is -2.34. The Morgan fingerprint density at radius 2 is 1.19 bits per heavy atom. The van der Waals surface area contributed by atoms with E-state index in [0.717, 1.165) is 24.3 Å². The number of carboxylic acids is 2. The highest BCUT2D eigenvalue weighted by Crippen LogP contribution is 2.41. The minimum absolute atomic E-state index is 0.0832. The van der Waals surface area contributed by atoms with Gasteiger partial charge in [-0.3, -0.25) is 4.79 Å². The molecule has 2 aromatic heterocycles. The van der Waals surface area contributed by atoms with Crippen molar-refractivity contribution in [3.8, 4) is 23.5 Å². The van der Waals surface area contributed by atoms with Crippen molar-refractivity contribution >= 4 is 11.9 Å². The van der Waals surface area contributed by atoms with Crippen LogP contribution in [0.15, 0.2) is 24.3 Å². The molecule has 0 aromatic carbocycles. The third-order valence-corrected chi connectivity index (χ3v) is 4.18. The predicted octanol–water partition coefficient (Wildman–Crippen LogP) is 1.43. The zero-order valence-electron chi connectivity index (χ0n) is 13.7. The summed E-state index contributed by atoms with van der Waals surface area (Å²) in [5.74, 6) is -4.84. The monoisotopic (exact) mass is 368 g/mol. The summed E-state index contributed by atoms with van der Waals surface area (Å²) >= 11 is 0. The van der Waals surface area contributed by atoms with E-state index in [2.05, 4.69) is 0 Å². The molecule has 0 atom stereocenters. The first-order valence-electron chi connectivity index (χ1n) is 7.87. The van der Waals surface area contributed by atoms with Gasteiger partial charge in [-0.25, -0.2) is 13.9 Å². The Bertz CT molecular complexity index is 722. The van der Waals surface area contributed by atoms with E-state index in [0.29, 0.717) is 22.0 Å². The van der Waals surface area contributed by atoms with Gasteiger partial charge in [-0.1, -0.05) is 6.42 Å². The first kappa shape index (κ1) is 19.0. The maximum absolute atomic E-state index is 12.2. The van der Waals surface area contributed by atoms with Crippen molar-refractivity contribution in [3.63, 3.8) is 0 Å². The molecule has 2 rings (SSSR count). The molecular weight excluding hydrogens is 348 g/mol. The molecule has 0 amide bonds. The first-order valence-corrected chi connectivity index (χ1v) is 7.87. The molecule has 0 aliphatic heterocycles. The number of carbonyl (C=O) groups is 2. The Kier molecular flexibility index (Phi) is 5.34. The van der Waals surface area contributed by atoms with E-state index < -0.39 is 41.1 Å². The standard InChI is InChI=1S/C16H20N2O8/c19-10-5-6-11(20)17(10)16(15(25)26,9-3-1-2-4-14(23)24)18-12(21)7-8-13(18)22/h5-8,19-22H,1-4,9H2,(H,23,24)(H,25,26). The zero-order chi connectivity index (χ0) is 19.5. The lowest BCUT2D eigenvalue weighted by atomic mass is 9.99. The molecule has 26 heavy (non-hydrogen) atoms. The van der Waals surface area contributed by atoms with Gasteiger partial charge in [0.1, 0.15) is 0 Å². The SMILES string of the molecule is O=C(O)CCCCCC(C(=O)O)(n1c(O)ccc1O)n1c(O)ccc1O. The molecule has 0 spiro atoms. The van der Waals surface area contributed by atoms with Crippen molar-refractivity contribution < 1.29 is 40.2 Å². The zero-order valence-corrected chi connectivity index (χ0v) is 13.7. The summed E-state index contributed by atoms with van der Waals surface area (Å²) in [6, 6.07) is 4.31. The molecular formula is C16H20N2O8. The highest BCUT2D eigenvalue weighted by Gasteiger charge is 2.47. The fourth-order valence-corrected chi connectivity index (χ4v) is 3.04. The van der Waals surface area contributed by atoms with Gasteiger partial charge in [0.15, 0.2) is 23.5 Å². The highest BCUT2D eigenvalue weighted by molar-refractivity contribution is 5.78. The van der Waals surface area contributed by atoms with Crippen LogP contribution in [-0.2, 0) is 15.3 Å². The van der Waals surface area contributed by atoms with Crippen molar-refractivity contribution in [3.05, 3.63) is 24.3 Å². The Morgan fingerprint density at radius 3 is 1.54 bits per heavy atom. The van der Waals surface area contributed by atoms with Crippen molar-refractivity contribution in [2.45, 2.75) is 37.8 Å². The van der Waals surface area contributed by atoms with E-state index in [9.17, 15) is 35.1 Å². The minimum Gasteiger partial charge on any atom is -0.494 e. The second kappa shape index (κ2) is 7.30. The summed E-state index contributed by atoms with van der Waals surface area (Å²) in [5, 5.41) is 58.8. The molecule has 2 heterocycles. The van der Waals surface area contributed by atoms with Crippen LogP contribution in [-0.4, -0.2) is 51.7 Å². The lowest BCUT2D eigenvalue weighted by molar-refractivity contribution is -0.151. The van der Waals surface area contributed by atoms with Gasteiger partial charge in [0.25, 0.3) is 0 Å². The third kappa shape index (κ3) is 3.25. The van der Waals surface area contributed by atoms with E-state index in [1.54, 1.807) is 0 Å². The molecule has 0 unspecified atom stereocenters. The summed E-state index contributed by atoms with van der Waals surface area (Å²) in [6.45, 7) is 0. The first-order chi connectivity index (χ1) is 12.2. The quantitative estimate of drug-likeness (QED) is 0.362. The average molecular weight is 368 g/mol. The van der Waals surface area contributed by atoms with Crippen molar-refractivity contribution in [2.24, 2.45) is 0 Å². The minimum atomic E-state index is -2.25. The van der Waals surface area contributed by atoms with Gasteiger partial charge in [-0.2, -0.15) is 0 Å². The average Bonchev–Trinajstić information content (AvgIpc) is 3.06. The number of unbranched alkanes of at least 4 members (excludes halogenated alkanes) is 2. The normalized spacial score (nSPS) is 11.5. The maximum atomic E-state index is 12.2. The molecule has 2 aromatic rings. The van der Waals surface area contributed by atoms with Gasteiger partial charge in [-0.05, 0) is 12.8 Å². The van der Waals surface area contributed by atoms with E-state index in [1.165, 1.54) is 0 Å². The third-order valence-electron chi connectivity index (χ3n) is 4.18. The van der Waals surface area contributed by atoms with Crippen LogP contribution in [0.2, 0.25) is 0 Å². The number of hydrogen-bond acceptors (Lipinski definition) is 6. The van der Waals surface area contributed by atoms with E-state index in [-0.39, 0.29) is 19.3 Å². The second-order valence-corrected chi connectivity index (χ2v) is 5.85. The van der Waals surface area contributed by atoms with Gasteiger partial charge in [0, 0.05) is 37.1 Å². The lowest BCUT2D eigenvalue weighted by Crippen LogP contribution is -2.47. The van der Waals surface area contributed by atoms with Crippen LogP contribution in [0, 0.1) is 0 Å². The van der Waals surface area contributed by atoms with Gasteiger partial charge >= 0.3 is 11.9 Å². The molecule has 0 bridgehead atoms. The number of nitrogens with zero attached hydrogens (tertiary/aromatic N) is 2. The van der Waals surface area contributed by atoms with Crippen LogP contribution in [0.5, 0.6) is 23.5 Å². The van der Waals surface area contributed by atoms with Crippen LogP contribution < -0.4 is 0 Å². The van der Waals surface area contributed by atoms with Gasteiger partial charge < -0.3 is 30.6 Å². The molecule has 0 fully saturated rings. The molecule has 10 nitrogen and oxygen atoms in total. The van der Waals surface area contributed by atoms with Crippen LogP contribution in [0.1, 0.15) is 32.1 Å². The molecule has 142 valence electrons. The van der Waals surface area contributed by atoms with Crippen LogP contribution in [0.4, 0.5) is 0 Å².